The second kappa shape index (κ2) is 7.00. The monoisotopic (exact) mass is 346 g/mol. The van der Waals surface area contributed by atoms with Gasteiger partial charge in [-0.25, -0.2) is 9.97 Å². The summed E-state index contributed by atoms with van der Waals surface area (Å²) in [5.74, 6) is 1.23. The molecule has 1 saturated carbocycles. The van der Waals surface area contributed by atoms with E-state index in [1.165, 1.54) is 25.7 Å². The van der Waals surface area contributed by atoms with Gasteiger partial charge in [0.25, 0.3) is 0 Å². The molecule has 1 aliphatic carbocycles. The van der Waals surface area contributed by atoms with Gasteiger partial charge in [-0.15, -0.1) is 0 Å². The zero-order valence-electron chi connectivity index (χ0n) is 11.5. The van der Waals surface area contributed by atoms with Gasteiger partial charge in [0.15, 0.2) is 5.82 Å². The molecule has 106 valence electrons. The lowest BCUT2D eigenvalue weighted by atomic mass is 10.0. The number of halogens is 2. The van der Waals surface area contributed by atoms with Crippen molar-refractivity contribution < 1.29 is 4.74 Å². The van der Waals surface area contributed by atoms with Crippen molar-refractivity contribution >= 4 is 27.5 Å². The molecule has 3 nitrogen and oxygen atoms in total. The molecule has 1 aromatic heterocycles. The Labute approximate surface area is 128 Å². The van der Waals surface area contributed by atoms with Crippen LogP contribution in [0.3, 0.4) is 0 Å². The van der Waals surface area contributed by atoms with Gasteiger partial charge in [0.1, 0.15) is 11.3 Å². The van der Waals surface area contributed by atoms with Gasteiger partial charge < -0.3 is 4.74 Å². The summed E-state index contributed by atoms with van der Waals surface area (Å²) < 4.78 is 6.55. The van der Waals surface area contributed by atoms with E-state index in [-0.39, 0.29) is 6.10 Å². The van der Waals surface area contributed by atoms with Crippen LogP contribution in [0.25, 0.3) is 0 Å². The molecule has 1 atom stereocenters. The summed E-state index contributed by atoms with van der Waals surface area (Å²) in [4.78, 5) is 9.11. The summed E-state index contributed by atoms with van der Waals surface area (Å²) in [5.41, 5.74) is 1.06. The normalized spacial score (nSPS) is 17.9. The van der Waals surface area contributed by atoms with E-state index in [1.807, 2.05) is 6.92 Å². The largest absolute Gasteiger partial charge is 0.371 e. The molecule has 0 bridgehead atoms. The Kier molecular flexibility index (Phi) is 5.60. The first-order valence-electron chi connectivity index (χ1n) is 7.01. The fourth-order valence-electron chi connectivity index (χ4n) is 2.64. The van der Waals surface area contributed by atoms with E-state index < -0.39 is 0 Å². The summed E-state index contributed by atoms with van der Waals surface area (Å²) in [5, 5.41) is 0.505. The van der Waals surface area contributed by atoms with Crippen LogP contribution < -0.4 is 0 Å². The molecule has 0 aliphatic heterocycles. The Morgan fingerprint density at radius 3 is 2.58 bits per heavy atom. The van der Waals surface area contributed by atoms with Gasteiger partial charge in [0.2, 0.25) is 0 Å². The number of nitrogens with zero attached hydrogens (tertiary/aromatic N) is 2. The summed E-state index contributed by atoms with van der Waals surface area (Å²) in [6.07, 6.45) is 5.73. The van der Waals surface area contributed by atoms with Crippen molar-refractivity contribution in [2.24, 2.45) is 0 Å². The Morgan fingerprint density at radius 1 is 1.32 bits per heavy atom. The molecular weight excluding hydrogens is 328 g/mol. The molecular formula is C14H20BrClN2O. The molecule has 0 N–H and O–H groups in total. The van der Waals surface area contributed by atoms with Crippen molar-refractivity contribution in [1.29, 1.82) is 0 Å². The van der Waals surface area contributed by atoms with Crippen molar-refractivity contribution in [3.63, 3.8) is 0 Å². The van der Waals surface area contributed by atoms with Crippen LogP contribution in [0.15, 0.2) is 4.47 Å². The Bertz CT molecular complexity index is 436. The third-order valence-corrected chi connectivity index (χ3v) is 4.91. The van der Waals surface area contributed by atoms with E-state index in [4.69, 9.17) is 21.3 Å². The number of hydrogen-bond donors (Lipinski definition) is 0. The highest BCUT2D eigenvalue weighted by molar-refractivity contribution is 9.10. The first kappa shape index (κ1) is 15.2. The van der Waals surface area contributed by atoms with Crippen molar-refractivity contribution in [3.05, 3.63) is 21.1 Å². The van der Waals surface area contributed by atoms with Crippen LogP contribution in [0.1, 0.15) is 69.5 Å². The maximum Gasteiger partial charge on any atom is 0.159 e. The van der Waals surface area contributed by atoms with Crippen molar-refractivity contribution in [1.82, 2.24) is 9.97 Å². The first-order chi connectivity index (χ1) is 9.17. The zero-order chi connectivity index (χ0) is 13.8. The number of ether oxygens (including phenoxy) is 1. The minimum Gasteiger partial charge on any atom is -0.371 e. The summed E-state index contributed by atoms with van der Waals surface area (Å²) in [7, 11) is 0. The maximum absolute atomic E-state index is 6.25. The predicted molar refractivity (Wildman–Crippen MR) is 80.6 cm³/mol. The lowest BCUT2D eigenvalue weighted by molar-refractivity contribution is 0.0532. The average molecular weight is 348 g/mol. The third-order valence-electron chi connectivity index (χ3n) is 3.62. The Hall–Kier alpha value is -0.190. The molecule has 1 heterocycles. The molecule has 1 aliphatic rings. The van der Waals surface area contributed by atoms with E-state index in [2.05, 4.69) is 27.8 Å². The summed E-state index contributed by atoms with van der Waals surface area (Å²) in [6, 6.07) is 0. The molecule has 0 radical (unpaired) electrons. The fraction of sp³-hybridized carbons (Fsp3) is 0.714. The van der Waals surface area contributed by atoms with E-state index in [0.29, 0.717) is 17.7 Å². The van der Waals surface area contributed by atoms with Gasteiger partial charge in [0.05, 0.1) is 10.2 Å². The van der Waals surface area contributed by atoms with Crippen LogP contribution in [0, 0.1) is 0 Å². The van der Waals surface area contributed by atoms with E-state index in [1.54, 1.807) is 0 Å². The summed E-state index contributed by atoms with van der Waals surface area (Å²) in [6.45, 7) is 4.73. The quantitative estimate of drug-likeness (QED) is 0.700. The molecule has 0 amide bonds. The van der Waals surface area contributed by atoms with Gasteiger partial charge in [0, 0.05) is 12.5 Å². The first-order valence-corrected chi connectivity index (χ1v) is 8.18. The van der Waals surface area contributed by atoms with Crippen LogP contribution in [-0.2, 0) is 4.74 Å². The minimum atomic E-state index is -0.0595. The molecule has 19 heavy (non-hydrogen) atoms. The van der Waals surface area contributed by atoms with Gasteiger partial charge >= 0.3 is 0 Å². The number of rotatable bonds is 5. The van der Waals surface area contributed by atoms with Crippen LogP contribution in [-0.4, -0.2) is 16.6 Å². The molecule has 2 rings (SSSR count). The third kappa shape index (κ3) is 3.47. The van der Waals surface area contributed by atoms with Crippen LogP contribution in [0.5, 0.6) is 0 Å². The Balaban J connectivity index is 2.34. The number of aromatic nitrogens is 2. The fourth-order valence-corrected chi connectivity index (χ4v) is 3.33. The minimum absolute atomic E-state index is 0.0595. The second-order valence-corrected chi connectivity index (χ2v) is 6.06. The van der Waals surface area contributed by atoms with Crippen LogP contribution in [0.2, 0.25) is 5.15 Å². The van der Waals surface area contributed by atoms with E-state index in [0.717, 1.165) is 22.4 Å². The van der Waals surface area contributed by atoms with Crippen molar-refractivity contribution in [2.75, 3.05) is 6.61 Å². The topological polar surface area (TPSA) is 35.0 Å². The SMILES string of the molecule is CCOC(CC)c1nc(Cl)c(Br)c(C2CCCC2)n1. The Morgan fingerprint density at radius 2 is 2.00 bits per heavy atom. The highest BCUT2D eigenvalue weighted by atomic mass is 79.9. The lowest BCUT2D eigenvalue weighted by Gasteiger charge is -2.18. The molecule has 0 spiro atoms. The van der Waals surface area contributed by atoms with Gasteiger partial charge in [-0.05, 0) is 42.1 Å². The van der Waals surface area contributed by atoms with Crippen LogP contribution >= 0.6 is 27.5 Å². The van der Waals surface area contributed by atoms with Gasteiger partial charge in [-0.1, -0.05) is 31.4 Å². The highest BCUT2D eigenvalue weighted by Crippen LogP contribution is 2.39. The maximum atomic E-state index is 6.25. The van der Waals surface area contributed by atoms with Gasteiger partial charge in [-0.2, -0.15) is 0 Å². The van der Waals surface area contributed by atoms with E-state index in [9.17, 15) is 0 Å². The number of hydrogen-bond acceptors (Lipinski definition) is 3. The van der Waals surface area contributed by atoms with Crippen molar-refractivity contribution in [2.45, 2.75) is 58.0 Å². The van der Waals surface area contributed by atoms with Crippen molar-refractivity contribution in [3.8, 4) is 0 Å². The average Bonchev–Trinajstić information content (AvgIpc) is 2.93. The lowest BCUT2D eigenvalue weighted by Crippen LogP contribution is -2.11. The molecule has 1 fully saturated rings. The molecule has 0 aromatic carbocycles. The molecule has 5 heteroatoms. The summed E-state index contributed by atoms with van der Waals surface area (Å²) >= 11 is 9.78. The van der Waals surface area contributed by atoms with Crippen LogP contribution in [0.4, 0.5) is 0 Å². The highest BCUT2D eigenvalue weighted by Gasteiger charge is 2.25. The van der Waals surface area contributed by atoms with E-state index >= 15 is 0 Å². The predicted octanol–water partition coefficient (Wildman–Crippen LogP) is 5.04. The van der Waals surface area contributed by atoms with Gasteiger partial charge in [-0.3, -0.25) is 0 Å². The molecule has 1 unspecified atom stereocenters. The smallest absolute Gasteiger partial charge is 0.159 e. The molecule has 1 aromatic rings. The second-order valence-electron chi connectivity index (χ2n) is 4.91. The zero-order valence-corrected chi connectivity index (χ0v) is 13.8. The standard InChI is InChI=1S/C14H20BrClN2O/c1-3-10(19-4-2)14-17-12(9-7-5-6-8-9)11(15)13(16)18-14/h9-10H,3-8H2,1-2H3. The molecule has 0 saturated heterocycles.